The molecule has 0 bridgehead atoms. The molecule has 0 atom stereocenters. The Kier molecular flexibility index (Phi) is 7.83. The number of carboxylic acid groups (broad SMARTS) is 1. The maximum absolute atomic E-state index is 11.0. The molecule has 82 valence electrons. The number of nitrogens with two attached hydrogens (primary N) is 1. The van der Waals surface area contributed by atoms with E-state index in [1.54, 1.807) is 0 Å². The topological polar surface area (TPSA) is 92.4 Å². The molecule has 0 aliphatic heterocycles. The number of unbranched alkanes of at least 4 members (excludes halogenated alkanes) is 1. The molecule has 0 spiro atoms. The highest BCUT2D eigenvalue weighted by atomic mass is 16.4. The van der Waals surface area contributed by atoms with Crippen LogP contribution in [0.4, 0.5) is 0 Å². The summed E-state index contributed by atoms with van der Waals surface area (Å²) in [4.78, 5) is 21.2. The molecule has 1 amide bonds. The first-order valence-corrected chi connectivity index (χ1v) is 4.85. The van der Waals surface area contributed by atoms with Crippen molar-refractivity contribution in [2.45, 2.75) is 32.1 Å². The molecule has 0 saturated heterocycles. The fourth-order valence-corrected chi connectivity index (χ4v) is 0.980. The second-order valence-electron chi connectivity index (χ2n) is 3.09. The Hall–Kier alpha value is -1.10. The summed E-state index contributed by atoms with van der Waals surface area (Å²) >= 11 is 0. The third-order valence-electron chi connectivity index (χ3n) is 1.75. The summed E-state index contributed by atoms with van der Waals surface area (Å²) in [5.41, 5.74) is 5.24. The summed E-state index contributed by atoms with van der Waals surface area (Å²) in [5, 5.41) is 11.0. The van der Waals surface area contributed by atoms with Gasteiger partial charge in [0.05, 0.1) is 0 Å². The largest absolute Gasteiger partial charge is 0.481 e. The van der Waals surface area contributed by atoms with Gasteiger partial charge in [0.25, 0.3) is 0 Å². The van der Waals surface area contributed by atoms with Crippen molar-refractivity contribution in [1.29, 1.82) is 0 Å². The summed E-state index contributed by atoms with van der Waals surface area (Å²) < 4.78 is 0. The van der Waals surface area contributed by atoms with E-state index in [2.05, 4.69) is 5.32 Å². The maximum Gasteiger partial charge on any atom is 0.303 e. The number of nitrogens with one attached hydrogen (secondary N) is 1. The Bertz CT molecular complexity index is 183. The number of amides is 1. The van der Waals surface area contributed by atoms with Crippen molar-refractivity contribution in [3.05, 3.63) is 0 Å². The minimum Gasteiger partial charge on any atom is -0.481 e. The lowest BCUT2D eigenvalue weighted by Gasteiger charge is -2.03. The molecule has 0 rings (SSSR count). The van der Waals surface area contributed by atoms with Crippen molar-refractivity contribution >= 4 is 11.9 Å². The van der Waals surface area contributed by atoms with Crippen molar-refractivity contribution in [3.8, 4) is 0 Å². The number of hydrogen-bond donors (Lipinski definition) is 3. The Morgan fingerprint density at radius 2 is 1.86 bits per heavy atom. The second kappa shape index (κ2) is 8.50. The van der Waals surface area contributed by atoms with Gasteiger partial charge in [-0.25, -0.2) is 0 Å². The van der Waals surface area contributed by atoms with E-state index in [0.29, 0.717) is 38.8 Å². The zero-order valence-corrected chi connectivity index (χ0v) is 8.29. The zero-order chi connectivity index (χ0) is 10.8. The number of carbonyl (C=O) groups is 2. The van der Waals surface area contributed by atoms with Crippen molar-refractivity contribution in [2.75, 3.05) is 13.1 Å². The number of hydrogen-bond acceptors (Lipinski definition) is 3. The number of carboxylic acids is 1. The van der Waals surface area contributed by atoms with Crippen LogP contribution in [-0.4, -0.2) is 30.1 Å². The highest BCUT2D eigenvalue weighted by Crippen LogP contribution is 1.94. The Balaban J connectivity index is 3.19. The molecular formula is C9H18N2O3. The molecule has 0 saturated carbocycles. The highest BCUT2D eigenvalue weighted by molar-refractivity contribution is 5.75. The minimum absolute atomic E-state index is 0.00854. The standard InChI is InChI=1S/C9H18N2O3/c10-6-3-4-8(12)11-7-2-1-5-9(13)14/h1-7,10H2,(H,11,12)(H,13,14). The van der Waals surface area contributed by atoms with Gasteiger partial charge in [0.15, 0.2) is 0 Å². The first-order chi connectivity index (χ1) is 6.66. The quantitative estimate of drug-likeness (QED) is 0.486. The van der Waals surface area contributed by atoms with Crippen molar-refractivity contribution in [2.24, 2.45) is 5.73 Å². The minimum atomic E-state index is -0.792. The lowest BCUT2D eigenvalue weighted by molar-refractivity contribution is -0.137. The van der Waals surface area contributed by atoms with Gasteiger partial charge in [-0.3, -0.25) is 9.59 Å². The monoisotopic (exact) mass is 202 g/mol. The van der Waals surface area contributed by atoms with Crippen LogP contribution in [0.25, 0.3) is 0 Å². The van der Waals surface area contributed by atoms with E-state index in [1.807, 2.05) is 0 Å². The summed E-state index contributed by atoms with van der Waals surface area (Å²) in [6, 6.07) is 0. The Morgan fingerprint density at radius 1 is 1.14 bits per heavy atom. The van der Waals surface area contributed by atoms with E-state index < -0.39 is 5.97 Å². The van der Waals surface area contributed by atoms with E-state index in [1.165, 1.54) is 0 Å². The van der Waals surface area contributed by atoms with Crippen LogP contribution >= 0.6 is 0 Å². The van der Waals surface area contributed by atoms with Crippen LogP contribution in [0.15, 0.2) is 0 Å². The van der Waals surface area contributed by atoms with Crippen LogP contribution in [0.2, 0.25) is 0 Å². The molecule has 0 fully saturated rings. The summed E-state index contributed by atoms with van der Waals surface area (Å²) in [6.45, 7) is 1.07. The molecule has 0 aromatic rings. The molecule has 0 unspecified atom stereocenters. The van der Waals surface area contributed by atoms with E-state index in [9.17, 15) is 9.59 Å². The maximum atomic E-state index is 11.0. The molecule has 0 aromatic heterocycles. The molecule has 0 radical (unpaired) electrons. The molecule has 4 N–H and O–H groups in total. The number of rotatable bonds is 8. The lowest BCUT2D eigenvalue weighted by atomic mass is 10.2. The molecule has 0 aromatic carbocycles. The predicted molar refractivity (Wildman–Crippen MR) is 52.8 cm³/mol. The Labute approximate surface area is 83.7 Å². The normalized spacial score (nSPS) is 9.79. The first kappa shape index (κ1) is 12.9. The first-order valence-electron chi connectivity index (χ1n) is 4.85. The third kappa shape index (κ3) is 8.99. The number of carbonyl (C=O) groups excluding carboxylic acids is 1. The van der Waals surface area contributed by atoms with Crippen LogP contribution in [0.5, 0.6) is 0 Å². The molecular weight excluding hydrogens is 184 g/mol. The van der Waals surface area contributed by atoms with E-state index in [0.717, 1.165) is 0 Å². The van der Waals surface area contributed by atoms with Gasteiger partial charge in [0.1, 0.15) is 0 Å². The van der Waals surface area contributed by atoms with Crippen LogP contribution < -0.4 is 11.1 Å². The van der Waals surface area contributed by atoms with Crippen molar-refractivity contribution in [1.82, 2.24) is 5.32 Å². The van der Waals surface area contributed by atoms with Crippen molar-refractivity contribution < 1.29 is 14.7 Å². The average molecular weight is 202 g/mol. The van der Waals surface area contributed by atoms with E-state index in [4.69, 9.17) is 10.8 Å². The fourth-order valence-electron chi connectivity index (χ4n) is 0.980. The summed E-state index contributed by atoms with van der Waals surface area (Å²) in [6.07, 6.45) is 2.63. The van der Waals surface area contributed by atoms with Crippen LogP contribution in [0, 0.1) is 0 Å². The zero-order valence-electron chi connectivity index (χ0n) is 8.29. The Morgan fingerprint density at radius 3 is 2.43 bits per heavy atom. The molecule has 5 heteroatoms. The SMILES string of the molecule is NCCCC(=O)NCCCCC(=O)O. The molecule has 5 nitrogen and oxygen atoms in total. The third-order valence-corrected chi connectivity index (χ3v) is 1.75. The van der Waals surface area contributed by atoms with Crippen molar-refractivity contribution in [3.63, 3.8) is 0 Å². The van der Waals surface area contributed by atoms with E-state index in [-0.39, 0.29) is 12.3 Å². The molecule has 14 heavy (non-hydrogen) atoms. The summed E-state index contributed by atoms with van der Waals surface area (Å²) in [5.74, 6) is -0.801. The lowest BCUT2D eigenvalue weighted by Crippen LogP contribution is -2.24. The average Bonchev–Trinajstić information content (AvgIpc) is 2.13. The highest BCUT2D eigenvalue weighted by Gasteiger charge is 2.00. The smallest absolute Gasteiger partial charge is 0.303 e. The molecule has 0 aliphatic rings. The number of aliphatic carboxylic acids is 1. The predicted octanol–water partition coefficient (Wildman–Crippen LogP) is 0.0964. The van der Waals surface area contributed by atoms with Gasteiger partial charge in [-0.2, -0.15) is 0 Å². The van der Waals surface area contributed by atoms with Gasteiger partial charge in [0.2, 0.25) is 5.91 Å². The van der Waals surface area contributed by atoms with Gasteiger partial charge in [-0.1, -0.05) is 0 Å². The summed E-state index contributed by atoms with van der Waals surface area (Å²) in [7, 11) is 0. The van der Waals surface area contributed by atoms with Gasteiger partial charge in [0, 0.05) is 19.4 Å². The van der Waals surface area contributed by atoms with Crippen LogP contribution in [-0.2, 0) is 9.59 Å². The fraction of sp³-hybridized carbons (Fsp3) is 0.778. The van der Waals surface area contributed by atoms with Crippen LogP contribution in [0.3, 0.4) is 0 Å². The van der Waals surface area contributed by atoms with Gasteiger partial charge in [-0.15, -0.1) is 0 Å². The van der Waals surface area contributed by atoms with Crippen LogP contribution in [0.1, 0.15) is 32.1 Å². The van der Waals surface area contributed by atoms with E-state index >= 15 is 0 Å². The second-order valence-corrected chi connectivity index (χ2v) is 3.09. The van der Waals surface area contributed by atoms with Gasteiger partial charge in [-0.05, 0) is 25.8 Å². The molecule has 0 heterocycles. The van der Waals surface area contributed by atoms with Gasteiger partial charge < -0.3 is 16.2 Å². The molecule has 0 aliphatic carbocycles. The van der Waals surface area contributed by atoms with Gasteiger partial charge >= 0.3 is 5.97 Å².